The standard InChI is InChI=1S/C9H6N2O2/c12-9(13)6-1-2-7-8(5-6)11-4-3-10-7/h1-5H,(H,12,13)/i3D. The Kier molecular flexibility index (Phi) is 1.42. The van der Waals surface area contributed by atoms with E-state index < -0.39 is 5.97 Å². The van der Waals surface area contributed by atoms with Crippen molar-refractivity contribution in [3.63, 3.8) is 0 Å². The van der Waals surface area contributed by atoms with E-state index in [9.17, 15) is 4.79 Å². The van der Waals surface area contributed by atoms with Crippen molar-refractivity contribution >= 4 is 17.0 Å². The lowest BCUT2D eigenvalue weighted by Gasteiger charge is -1.96. The summed E-state index contributed by atoms with van der Waals surface area (Å²) >= 11 is 0. The maximum atomic E-state index is 10.6. The minimum atomic E-state index is -0.997. The van der Waals surface area contributed by atoms with E-state index in [0.29, 0.717) is 11.0 Å². The number of aromatic nitrogens is 2. The second kappa shape index (κ2) is 2.82. The van der Waals surface area contributed by atoms with Crippen LogP contribution < -0.4 is 0 Å². The first-order chi connectivity index (χ1) is 6.66. The summed E-state index contributed by atoms with van der Waals surface area (Å²) < 4.78 is 7.23. The Bertz CT molecular complexity index is 513. The minimum absolute atomic E-state index is 0.0700. The fraction of sp³-hybridized carbons (Fsp3) is 0. The van der Waals surface area contributed by atoms with Crippen LogP contribution in [0.5, 0.6) is 0 Å². The Hall–Kier alpha value is -1.97. The fourth-order valence-electron chi connectivity index (χ4n) is 1.05. The molecule has 1 aromatic carbocycles. The molecule has 0 radical (unpaired) electrons. The molecule has 64 valence electrons. The number of hydrogen-bond donors (Lipinski definition) is 1. The van der Waals surface area contributed by atoms with Gasteiger partial charge < -0.3 is 5.11 Å². The summed E-state index contributed by atoms with van der Waals surface area (Å²) in [5, 5.41) is 8.71. The van der Waals surface area contributed by atoms with Gasteiger partial charge in [-0.15, -0.1) is 0 Å². The van der Waals surface area contributed by atoms with Crippen molar-refractivity contribution in [1.29, 1.82) is 0 Å². The van der Waals surface area contributed by atoms with Crippen LogP contribution in [0.3, 0.4) is 0 Å². The van der Waals surface area contributed by atoms with Gasteiger partial charge in [-0.3, -0.25) is 9.97 Å². The molecule has 0 aliphatic carbocycles. The highest BCUT2D eigenvalue weighted by atomic mass is 16.4. The number of carboxylic acid groups (broad SMARTS) is 1. The molecule has 1 aromatic heterocycles. The highest BCUT2D eigenvalue weighted by Crippen LogP contribution is 2.10. The van der Waals surface area contributed by atoms with Gasteiger partial charge in [-0.25, -0.2) is 4.79 Å². The fourth-order valence-corrected chi connectivity index (χ4v) is 1.05. The van der Waals surface area contributed by atoms with Crippen molar-refractivity contribution in [3.8, 4) is 0 Å². The number of hydrogen-bond acceptors (Lipinski definition) is 3. The summed E-state index contributed by atoms with van der Waals surface area (Å²) in [5.41, 5.74) is 1.19. The maximum absolute atomic E-state index is 10.6. The van der Waals surface area contributed by atoms with Crippen molar-refractivity contribution in [3.05, 3.63) is 36.1 Å². The Balaban J connectivity index is 2.67. The van der Waals surface area contributed by atoms with Crippen LogP contribution >= 0.6 is 0 Å². The first-order valence-corrected chi connectivity index (χ1v) is 3.63. The molecule has 0 aliphatic heterocycles. The van der Waals surface area contributed by atoms with Gasteiger partial charge in [0.15, 0.2) is 0 Å². The van der Waals surface area contributed by atoms with Gasteiger partial charge in [0.05, 0.1) is 18.0 Å². The smallest absolute Gasteiger partial charge is 0.335 e. The molecular formula is C9H6N2O2. The van der Waals surface area contributed by atoms with E-state index in [1.54, 1.807) is 6.07 Å². The quantitative estimate of drug-likeness (QED) is 0.710. The Morgan fingerprint density at radius 1 is 1.38 bits per heavy atom. The second-order valence-corrected chi connectivity index (χ2v) is 2.51. The van der Waals surface area contributed by atoms with Gasteiger partial charge in [0, 0.05) is 12.4 Å². The molecule has 0 unspecified atom stereocenters. The largest absolute Gasteiger partial charge is 0.478 e. The van der Waals surface area contributed by atoms with Crippen LogP contribution in [0.15, 0.2) is 30.6 Å². The molecule has 1 N–H and O–H groups in total. The molecule has 4 heteroatoms. The lowest BCUT2D eigenvalue weighted by molar-refractivity contribution is 0.0697. The Morgan fingerprint density at radius 2 is 2.23 bits per heavy atom. The Labute approximate surface area is 75.3 Å². The van der Waals surface area contributed by atoms with Crippen molar-refractivity contribution in [2.45, 2.75) is 0 Å². The summed E-state index contributed by atoms with van der Waals surface area (Å²) in [4.78, 5) is 18.4. The summed E-state index contributed by atoms with van der Waals surface area (Å²) in [5.74, 6) is -0.997. The molecule has 2 aromatic rings. The monoisotopic (exact) mass is 175 g/mol. The minimum Gasteiger partial charge on any atom is -0.478 e. The predicted molar refractivity (Wildman–Crippen MR) is 46.5 cm³/mol. The lowest BCUT2D eigenvalue weighted by atomic mass is 10.2. The molecule has 1 heterocycles. The molecule has 0 amide bonds. The van der Waals surface area contributed by atoms with Gasteiger partial charge in [0.25, 0.3) is 0 Å². The summed E-state index contributed by atoms with van der Waals surface area (Å²) in [6, 6.07) is 4.42. The van der Waals surface area contributed by atoms with Crippen LogP contribution in [0.1, 0.15) is 11.7 Å². The van der Waals surface area contributed by atoms with E-state index in [0.717, 1.165) is 0 Å². The van der Waals surface area contributed by atoms with Crippen molar-refractivity contribution in [1.82, 2.24) is 9.97 Å². The third-order valence-electron chi connectivity index (χ3n) is 1.67. The lowest BCUT2D eigenvalue weighted by Crippen LogP contribution is -1.96. The average molecular weight is 175 g/mol. The van der Waals surface area contributed by atoms with Gasteiger partial charge in [0.2, 0.25) is 0 Å². The van der Waals surface area contributed by atoms with Crippen molar-refractivity contribution < 1.29 is 11.3 Å². The van der Waals surface area contributed by atoms with Crippen molar-refractivity contribution in [2.75, 3.05) is 0 Å². The highest BCUT2D eigenvalue weighted by molar-refractivity contribution is 5.91. The van der Waals surface area contributed by atoms with Crippen LogP contribution in [0.4, 0.5) is 0 Å². The van der Waals surface area contributed by atoms with Crippen LogP contribution in [-0.2, 0) is 0 Å². The predicted octanol–water partition coefficient (Wildman–Crippen LogP) is 1.33. The normalized spacial score (nSPS) is 11.2. The zero-order valence-electron chi connectivity index (χ0n) is 7.56. The average Bonchev–Trinajstić information content (AvgIpc) is 2.16. The summed E-state index contributed by atoms with van der Waals surface area (Å²) in [6.07, 6.45) is 1.36. The van der Waals surface area contributed by atoms with E-state index in [4.69, 9.17) is 6.48 Å². The molecule has 0 saturated heterocycles. The molecule has 0 aliphatic rings. The third-order valence-corrected chi connectivity index (χ3v) is 1.67. The van der Waals surface area contributed by atoms with Gasteiger partial charge in [0.1, 0.15) is 0 Å². The maximum Gasteiger partial charge on any atom is 0.335 e. The molecule has 0 bridgehead atoms. The van der Waals surface area contributed by atoms with E-state index in [1.807, 2.05) is 0 Å². The first-order valence-electron chi connectivity index (χ1n) is 4.13. The van der Waals surface area contributed by atoms with E-state index >= 15 is 0 Å². The zero-order chi connectivity index (χ0) is 10.1. The van der Waals surface area contributed by atoms with E-state index in [-0.39, 0.29) is 11.7 Å². The van der Waals surface area contributed by atoms with Crippen LogP contribution in [-0.4, -0.2) is 21.0 Å². The van der Waals surface area contributed by atoms with Crippen LogP contribution in [0.2, 0.25) is 0 Å². The molecule has 13 heavy (non-hydrogen) atoms. The van der Waals surface area contributed by atoms with Gasteiger partial charge in [-0.2, -0.15) is 0 Å². The van der Waals surface area contributed by atoms with Crippen LogP contribution in [0, 0.1) is 0 Å². The second-order valence-electron chi connectivity index (χ2n) is 2.51. The number of carboxylic acids is 1. The molecule has 4 nitrogen and oxygen atoms in total. The molecule has 0 spiro atoms. The zero-order valence-corrected chi connectivity index (χ0v) is 6.56. The third kappa shape index (κ3) is 1.33. The molecule has 2 rings (SSSR count). The molecule has 0 saturated carbocycles. The Morgan fingerprint density at radius 3 is 3.00 bits per heavy atom. The number of fused-ring (bicyclic) bond motifs is 1. The van der Waals surface area contributed by atoms with Gasteiger partial charge >= 0.3 is 5.97 Å². The molecule has 0 fully saturated rings. The number of nitrogens with zero attached hydrogens (tertiary/aromatic N) is 2. The topological polar surface area (TPSA) is 63.1 Å². The number of aromatic carboxylic acids is 1. The molecular weight excluding hydrogens is 168 g/mol. The molecule has 0 atom stereocenters. The summed E-state index contributed by atoms with van der Waals surface area (Å²) in [7, 11) is 0. The van der Waals surface area contributed by atoms with E-state index in [1.165, 1.54) is 18.3 Å². The summed E-state index contributed by atoms with van der Waals surface area (Å²) in [6.45, 7) is 0. The number of benzene rings is 1. The van der Waals surface area contributed by atoms with Gasteiger partial charge in [-0.1, -0.05) is 0 Å². The van der Waals surface area contributed by atoms with Crippen LogP contribution in [0.25, 0.3) is 11.0 Å². The SMILES string of the molecule is [2H]c1cnc2cc(C(=O)O)ccc2n1. The van der Waals surface area contributed by atoms with Crippen molar-refractivity contribution in [2.24, 2.45) is 0 Å². The van der Waals surface area contributed by atoms with E-state index in [2.05, 4.69) is 9.97 Å². The highest BCUT2D eigenvalue weighted by Gasteiger charge is 2.03. The first kappa shape index (κ1) is 6.54. The number of rotatable bonds is 1. The number of carbonyl (C=O) groups is 1. The van der Waals surface area contributed by atoms with Gasteiger partial charge in [-0.05, 0) is 18.2 Å².